The average molecular weight is 418 g/mol. The summed E-state index contributed by atoms with van der Waals surface area (Å²) in [5.41, 5.74) is 1.79. The van der Waals surface area contributed by atoms with E-state index >= 15 is 0 Å². The molecule has 0 radical (unpaired) electrons. The molecule has 1 aromatic carbocycles. The second-order valence-electron chi connectivity index (χ2n) is 5.81. The lowest BCUT2D eigenvalue weighted by molar-refractivity contribution is -0.125. The van der Waals surface area contributed by atoms with Gasteiger partial charge in [0.25, 0.3) is 0 Å². The number of carbonyl (C=O) groups is 1. The summed E-state index contributed by atoms with van der Waals surface area (Å²) in [4.78, 5) is 12.5. The predicted molar refractivity (Wildman–Crippen MR) is 95.5 cm³/mol. The van der Waals surface area contributed by atoms with Crippen LogP contribution in [0.15, 0.2) is 35.1 Å². The van der Waals surface area contributed by atoms with E-state index in [1.807, 2.05) is 19.4 Å². The Labute approximate surface area is 154 Å². The van der Waals surface area contributed by atoms with Gasteiger partial charge in [-0.15, -0.1) is 12.4 Å². The largest absolute Gasteiger partial charge is 0.352 e. The lowest BCUT2D eigenvalue weighted by Crippen LogP contribution is -2.34. The smallest absolute Gasteiger partial charge is 0.225 e. The van der Waals surface area contributed by atoms with Crippen LogP contribution in [0.1, 0.15) is 17.0 Å². The summed E-state index contributed by atoms with van der Waals surface area (Å²) in [7, 11) is 1.86. The van der Waals surface area contributed by atoms with Crippen LogP contribution in [0.2, 0.25) is 0 Å². The number of benzene rings is 1. The van der Waals surface area contributed by atoms with Gasteiger partial charge in [0.1, 0.15) is 5.82 Å². The maximum absolute atomic E-state index is 13.4. The van der Waals surface area contributed by atoms with E-state index in [0.717, 1.165) is 17.7 Å². The number of nitrogens with one attached hydrogen (secondary N) is 2. The number of hydrogen-bond acceptors (Lipinski definition) is 3. The van der Waals surface area contributed by atoms with E-state index in [1.54, 1.807) is 10.7 Å². The number of carbonyl (C=O) groups excluding carboxylic acids is 1. The molecular weight excluding hydrogens is 399 g/mol. The number of hydrogen-bond donors (Lipinski definition) is 2. The Morgan fingerprint density at radius 1 is 1.46 bits per heavy atom. The van der Waals surface area contributed by atoms with E-state index in [0.29, 0.717) is 17.6 Å². The molecule has 1 fully saturated rings. The van der Waals surface area contributed by atoms with Crippen molar-refractivity contribution in [1.82, 2.24) is 20.4 Å². The molecular formula is C16H19BrClFN4O. The van der Waals surface area contributed by atoms with E-state index < -0.39 is 0 Å². The Balaban J connectivity index is 0.00000208. The Bertz CT molecular complexity index is 704. The summed E-state index contributed by atoms with van der Waals surface area (Å²) < 4.78 is 15.8. The molecule has 1 amide bonds. The Kier molecular flexibility index (Phi) is 6.37. The molecule has 1 aliphatic rings. The molecule has 0 spiro atoms. The van der Waals surface area contributed by atoms with Gasteiger partial charge in [-0.3, -0.25) is 9.48 Å². The summed E-state index contributed by atoms with van der Waals surface area (Å²) in [6.07, 6.45) is 3.75. The zero-order valence-electron chi connectivity index (χ0n) is 13.1. The monoisotopic (exact) mass is 416 g/mol. The maximum Gasteiger partial charge on any atom is 0.225 e. The van der Waals surface area contributed by atoms with Crippen LogP contribution in [-0.2, 0) is 18.4 Å². The standard InChI is InChI=1S/C16H18BrFN4O.ClH/c1-22-9-11(6-21-22)14-7-19-8-15(14)16(23)20-5-10-2-12(17)4-13(18)3-10;/h2-4,6,9,14-15,19H,5,7-8H2,1H3,(H,20,23);1H/t14-,15+;/m1./s1. The Hall–Kier alpha value is -1.44. The highest BCUT2D eigenvalue weighted by molar-refractivity contribution is 9.10. The molecule has 1 aliphatic heterocycles. The number of rotatable bonds is 4. The molecule has 0 saturated carbocycles. The van der Waals surface area contributed by atoms with E-state index in [2.05, 4.69) is 31.7 Å². The maximum atomic E-state index is 13.4. The first-order valence-corrected chi connectivity index (χ1v) is 8.24. The third kappa shape index (κ3) is 4.34. The first-order valence-electron chi connectivity index (χ1n) is 7.45. The molecule has 2 atom stereocenters. The number of aryl methyl sites for hydroxylation is 1. The van der Waals surface area contributed by atoms with Crippen molar-refractivity contribution >= 4 is 34.2 Å². The molecule has 2 aromatic rings. The van der Waals surface area contributed by atoms with E-state index in [4.69, 9.17) is 0 Å². The van der Waals surface area contributed by atoms with Crippen LogP contribution in [0.5, 0.6) is 0 Å². The van der Waals surface area contributed by atoms with Gasteiger partial charge in [0, 0.05) is 43.3 Å². The molecule has 1 aromatic heterocycles. The normalized spacial score (nSPS) is 19.8. The van der Waals surface area contributed by atoms with E-state index in [9.17, 15) is 9.18 Å². The van der Waals surface area contributed by atoms with Gasteiger partial charge in [-0.05, 0) is 29.3 Å². The van der Waals surface area contributed by atoms with Crippen molar-refractivity contribution in [3.05, 3.63) is 52.0 Å². The Morgan fingerprint density at radius 3 is 2.92 bits per heavy atom. The van der Waals surface area contributed by atoms with Crippen LogP contribution in [0.4, 0.5) is 4.39 Å². The molecule has 0 aliphatic carbocycles. The second kappa shape index (κ2) is 8.09. The number of amides is 1. The molecule has 1 saturated heterocycles. The topological polar surface area (TPSA) is 59.0 Å². The second-order valence-corrected chi connectivity index (χ2v) is 6.73. The van der Waals surface area contributed by atoms with E-state index in [1.165, 1.54) is 12.1 Å². The van der Waals surface area contributed by atoms with Gasteiger partial charge in [-0.1, -0.05) is 15.9 Å². The molecule has 130 valence electrons. The van der Waals surface area contributed by atoms with E-state index in [-0.39, 0.29) is 36.0 Å². The van der Waals surface area contributed by atoms with Gasteiger partial charge in [0.2, 0.25) is 5.91 Å². The molecule has 2 heterocycles. The SMILES string of the molecule is Cl.Cn1cc([C@H]2CNC[C@@H]2C(=O)NCc2cc(F)cc(Br)c2)cn1. The van der Waals surface area contributed by atoms with Crippen molar-refractivity contribution < 1.29 is 9.18 Å². The average Bonchev–Trinajstić information content (AvgIpc) is 3.12. The third-order valence-electron chi connectivity index (χ3n) is 4.09. The fraction of sp³-hybridized carbons (Fsp3) is 0.375. The molecule has 0 bridgehead atoms. The van der Waals surface area contributed by atoms with Crippen molar-refractivity contribution in [2.75, 3.05) is 13.1 Å². The van der Waals surface area contributed by atoms with Crippen LogP contribution in [0.25, 0.3) is 0 Å². The zero-order valence-corrected chi connectivity index (χ0v) is 15.5. The highest BCUT2D eigenvalue weighted by atomic mass is 79.9. The highest BCUT2D eigenvalue weighted by Crippen LogP contribution is 2.28. The Morgan fingerprint density at radius 2 is 2.25 bits per heavy atom. The molecule has 5 nitrogen and oxygen atoms in total. The minimum absolute atomic E-state index is 0. The van der Waals surface area contributed by atoms with Crippen molar-refractivity contribution in [2.45, 2.75) is 12.5 Å². The summed E-state index contributed by atoms with van der Waals surface area (Å²) in [5.74, 6) is -0.372. The molecule has 24 heavy (non-hydrogen) atoms. The molecule has 2 N–H and O–H groups in total. The van der Waals surface area contributed by atoms with Crippen LogP contribution in [0.3, 0.4) is 0 Å². The van der Waals surface area contributed by atoms with Crippen molar-refractivity contribution in [2.24, 2.45) is 13.0 Å². The first-order chi connectivity index (χ1) is 11.0. The summed E-state index contributed by atoms with van der Waals surface area (Å²) in [6.45, 7) is 1.71. The van der Waals surface area contributed by atoms with Crippen molar-refractivity contribution in [3.8, 4) is 0 Å². The zero-order chi connectivity index (χ0) is 16.4. The minimum atomic E-state index is -0.320. The summed E-state index contributed by atoms with van der Waals surface area (Å²) in [5, 5.41) is 10.3. The summed E-state index contributed by atoms with van der Waals surface area (Å²) in [6, 6.07) is 4.62. The molecule has 0 unspecified atom stereocenters. The number of nitrogens with zero attached hydrogens (tertiary/aromatic N) is 2. The fourth-order valence-corrected chi connectivity index (χ4v) is 3.48. The van der Waals surface area contributed by atoms with Crippen LogP contribution in [0, 0.1) is 11.7 Å². The van der Waals surface area contributed by atoms with Crippen LogP contribution < -0.4 is 10.6 Å². The van der Waals surface area contributed by atoms with Gasteiger partial charge in [0.05, 0.1) is 12.1 Å². The lowest BCUT2D eigenvalue weighted by atomic mass is 9.90. The van der Waals surface area contributed by atoms with Crippen molar-refractivity contribution in [1.29, 1.82) is 0 Å². The lowest BCUT2D eigenvalue weighted by Gasteiger charge is -2.17. The highest BCUT2D eigenvalue weighted by Gasteiger charge is 2.34. The van der Waals surface area contributed by atoms with Crippen LogP contribution in [-0.4, -0.2) is 28.8 Å². The molecule has 3 rings (SSSR count). The van der Waals surface area contributed by atoms with Gasteiger partial charge >= 0.3 is 0 Å². The fourth-order valence-electron chi connectivity index (χ4n) is 2.97. The van der Waals surface area contributed by atoms with Crippen LogP contribution >= 0.6 is 28.3 Å². The quantitative estimate of drug-likeness (QED) is 0.803. The number of halogens is 3. The van der Waals surface area contributed by atoms with Gasteiger partial charge in [-0.25, -0.2) is 4.39 Å². The first kappa shape index (κ1) is 18.9. The summed E-state index contributed by atoms with van der Waals surface area (Å²) >= 11 is 3.26. The van der Waals surface area contributed by atoms with Gasteiger partial charge < -0.3 is 10.6 Å². The third-order valence-corrected chi connectivity index (χ3v) is 4.55. The number of aromatic nitrogens is 2. The van der Waals surface area contributed by atoms with Crippen molar-refractivity contribution in [3.63, 3.8) is 0 Å². The van der Waals surface area contributed by atoms with Gasteiger partial charge in [-0.2, -0.15) is 5.10 Å². The predicted octanol–water partition coefficient (Wildman–Crippen LogP) is 2.36. The minimum Gasteiger partial charge on any atom is -0.352 e. The van der Waals surface area contributed by atoms with Gasteiger partial charge in [0.15, 0.2) is 0 Å². The molecule has 8 heteroatoms.